The molecule has 2 fully saturated rings. The van der Waals surface area contributed by atoms with Crippen molar-refractivity contribution in [1.82, 2.24) is 9.80 Å². The number of anilines is 1. The topological polar surface area (TPSA) is 90.0 Å². The Morgan fingerprint density at radius 3 is 2.24 bits per heavy atom. The van der Waals surface area contributed by atoms with E-state index in [0.717, 1.165) is 25.9 Å². The summed E-state index contributed by atoms with van der Waals surface area (Å²) in [5.74, 6) is -1.34. The van der Waals surface area contributed by atoms with Gasteiger partial charge in [-0.3, -0.25) is 9.59 Å². The summed E-state index contributed by atoms with van der Waals surface area (Å²) in [7, 11) is 0. The van der Waals surface area contributed by atoms with E-state index in [1.54, 1.807) is 24.3 Å². The number of carbonyl (C=O) groups excluding carboxylic acids is 2. The van der Waals surface area contributed by atoms with E-state index >= 15 is 0 Å². The molecule has 3 rings (SSSR count). The van der Waals surface area contributed by atoms with Crippen LogP contribution in [0.25, 0.3) is 0 Å². The third-order valence-corrected chi connectivity index (χ3v) is 4.83. The second-order valence-electron chi connectivity index (χ2n) is 6.63. The van der Waals surface area contributed by atoms with Crippen LogP contribution in [0.3, 0.4) is 0 Å². The Morgan fingerprint density at radius 1 is 0.960 bits per heavy atom. The molecular weight excluding hydrogens is 322 g/mol. The number of amides is 3. The van der Waals surface area contributed by atoms with Gasteiger partial charge in [-0.25, -0.2) is 4.79 Å². The monoisotopic (exact) mass is 345 g/mol. The third kappa shape index (κ3) is 4.10. The second-order valence-corrected chi connectivity index (χ2v) is 6.63. The van der Waals surface area contributed by atoms with Crippen LogP contribution in [-0.2, 0) is 4.79 Å². The Morgan fingerprint density at radius 2 is 1.60 bits per heavy atom. The van der Waals surface area contributed by atoms with Gasteiger partial charge >= 0.3 is 12.0 Å². The highest BCUT2D eigenvalue weighted by atomic mass is 16.4. The molecular formula is C18H23N3O4. The quantitative estimate of drug-likeness (QED) is 0.879. The number of carboxylic acids is 1. The van der Waals surface area contributed by atoms with Crippen LogP contribution in [0, 0.1) is 5.92 Å². The molecule has 7 nitrogen and oxygen atoms in total. The largest absolute Gasteiger partial charge is 0.481 e. The smallest absolute Gasteiger partial charge is 0.321 e. The Hall–Kier alpha value is -2.57. The molecule has 1 aromatic rings. The second kappa shape index (κ2) is 7.55. The molecule has 2 aliphatic rings. The van der Waals surface area contributed by atoms with Gasteiger partial charge < -0.3 is 20.2 Å². The first-order valence-electron chi connectivity index (χ1n) is 8.72. The molecule has 1 aromatic carbocycles. The number of urea groups is 1. The maximum Gasteiger partial charge on any atom is 0.321 e. The van der Waals surface area contributed by atoms with E-state index in [1.807, 2.05) is 4.90 Å². The number of benzene rings is 1. The molecule has 0 radical (unpaired) electrons. The van der Waals surface area contributed by atoms with Gasteiger partial charge in [0.15, 0.2) is 0 Å². The number of aliphatic carboxylic acids is 1. The Bertz CT molecular complexity index is 653. The van der Waals surface area contributed by atoms with Gasteiger partial charge in [-0.05, 0) is 49.9 Å². The number of rotatable bonds is 3. The highest BCUT2D eigenvalue weighted by molar-refractivity contribution is 5.95. The molecule has 2 saturated heterocycles. The fourth-order valence-electron chi connectivity index (χ4n) is 3.36. The number of hydrogen-bond acceptors (Lipinski definition) is 3. The molecule has 0 aliphatic carbocycles. The lowest BCUT2D eigenvalue weighted by molar-refractivity contribution is -0.143. The van der Waals surface area contributed by atoms with Gasteiger partial charge in [0, 0.05) is 37.4 Å². The van der Waals surface area contributed by atoms with Crippen LogP contribution in [0.15, 0.2) is 24.3 Å². The van der Waals surface area contributed by atoms with E-state index in [-0.39, 0.29) is 18.5 Å². The van der Waals surface area contributed by atoms with E-state index < -0.39 is 11.9 Å². The average molecular weight is 345 g/mol. The number of hydrogen-bond donors (Lipinski definition) is 2. The van der Waals surface area contributed by atoms with Crippen LogP contribution in [0.2, 0.25) is 0 Å². The Balaban J connectivity index is 1.58. The van der Waals surface area contributed by atoms with Crippen LogP contribution in [0.4, 0.5) is 10.5 Å². The predicted octanol–water partition coefficient (Wildman–Crippen LogP) is 2.25. The summed E-state index contributed by atoms with van der Waals surface area (Å²) in [6, 6.07) is 6.54. The van der Waals surface area contributed by atoms with Crippen molar-refractivity contribution >= 4 is 23.6 Å². The van der Waals surface area contributed by atoms with Crippen molar-refractivity contribution in [3.8, 4) is 0 Å². The van der Waals surface area contributed by atoms with Crippen LogP contribution < -0.4 is 5.32 Å². The number of carboxylic acid groups (broad SMARTS) is 1. The van der Waals surface area contributed by atoms with Crippen LogP contribution in [0.1, 0.15) is 36.0 Å². The summed E-state index contributed by atoms with van der Waals surface area (Å²) in [6.45, 7) is 2.39. The Kier molecular flexibility index (Phi) is 5.21. The highest BCUT2D eigenvalue weighted by Gasteiger charge is 2.28. The van der Waals surface area contributed by atoms with Crippen LogP contribution >= 0.6 is 0 Å². The summed E-state index contributed by atoms with van der Waals surface area (Å²) >= 11 is 0. The maximum atomic E-state index is 12.3. The predicted molar refractivity (Wildman–Crippen MR) is 92.5 cm³/mol. The van der Waals surface area contributed by atoms with Crippen molar-refractivity contribution in [3.05, 3.63) is 29.8 Å². The molecule has 0 saturated carbocycles. The normalized spacial score (nSPS) is 20.4. The fraction of sp³-hybridized carbons (Fsp3) is 0.500. The minimum atomic E-state index is -0.859. The summed E-state index contributed by atoms with van der Waals surface area (Å²) < 4.78 is 0. The number of likely N-dealkylation sites (tertiary alicyclic amines) is 2. The van der Waals surface area contributed by atoms with Gasteiger partial charge in [-0.2, -0.15) is 0 Å². The van der Waals surface area contributed by atoms with E-state index in [2.05, 4.69) is 5.32 Å². The first kappa shape index (κ1) is 17.3. The zero-order valence-corrected chi connectivity index (χ0v) is 14.1. The fourth-order valence-corrected chi connectivity index (χ4v) is 3.36. The molecule has 3 amide bonds. The highest BCUT2D eigenvalue weighted by Crippen LogP contribution is 2.19. The molecule has 7 heteroatoms. The average Bonchev–Trinajstić information content (AvgIpc) is 3.16. The first-order chi connectivity index (χ1) is 12.0. The molecule has 1 atom stereocenters. The van der Waals surface area contributed by atoms with Crippen molar-refractivity contribution in [1.29, 1.82) is 0 Å². The van der Waals surface area contributed by atoms with Crippen molar-refractivity contribution in [2.45, 2.75) is 25.7 Å². The van der Waals surface area contributed by atoms with Gasteiger partial charge in [0.25, 0.3) is 5.91 Å². The van der Waals surface area contributed by atoms with E-state index in [4.69, 9.17) is 5.11 Å². The molecule has 134 valence electrons. The standard InChI is InChI=1S/C18H23N3O4/c22-16(20-9-1-2-10-20)13-5-7-15(8-6-13)19-18(25)21-11-3-4-14(12-21)17(23)24/h5-8,14H,1-4,9-12H2,(H,19,25)(H,23,24). The van der Waals surface area contributed by atoms with E-state index in [9.17, 15) is 14.4 Å². The molecule has 0 bridgehead atoms. The Labute approximate surface area is 146 Å². The maximum absolute atomic E-state index is 12.3. The molecule has 0 spiro atoms. The molecule has 2 aliphatic heterocycles. The minimum Gasteiger partial charge on any atom is -0.481 e. The number of piperidine rings is 1. The number of nitrogens with zero attached hydrogens (tertiary/aromatic N) is 2. The molecule has 0 aromatic heterocycles. The van der Waals surface area contributed by atoms with E-state index in [0.29, 0.717) is 30.6 Å². The van der Waals surface area contributed by atoms with Crippen molar-refractivity contribution < 1.29 is 19.5 Å². The molecule has 1 unspecified atom stereocenters. The lowest BCUT2D eigenvalue weighted by Crippen LogP contribution is -2.44. The summed E-state index contributed by atoms with van der Waals surface area (Å²) in [5.41, 5.74) is 1.21. The van der Waals surface area contributed by atoms with Crippen molar-refractivity contribution in [2.75, 3.05) is 31.5 Å². The van der Waals surface area contributed by atoms with Gasteiger partial charge in [0.2, 0.25) is 0 Å². The van der Waals surface area contributed by atoms with Gasteiger partial charge in [-0.1, -0.05) is 0 Å². The minimum absolute atomic E-state index is 0.0238. The summed E-state index contributed by atoms with van der Waals surface area (Å²) in [5, 5.41) is 11.9. The third-order valence-electron chi connectivity index (χ3n) is 4.83. The summed E-state index contributed by atoms with van der Waals surface area (Å²) in [4.78, 5) is 39.1. The van der Waals surface area contributed by atoms with E-state index in [1.165, 1.54) is 4.90 Å². The summed E-state index contributed by atoms with van der Waals surface area (Å²) in [6.07, 6.45) is 3.39. The molecule has 2 N–H and O–H groups in total. The molecule has 25 heavy (non-hydrogen) atoms. The molecule has 2 heterocycles. The van der Waals surface area contributed by atoms with Gasteiger partial charge in [-0.15, -0.1) is 0 Å². The lowest BCUT2D eigenvalue weighted by Gasteiger charge is -2.30. The zero-order valence-electron chi connectivity index (χ0n) is 14.1. The first-order valence-corrected chi connectivity index (χ1v) is 8.72. The van der Waals surface area contributed by atoms with Crippen molar-refractivity contribution in [3.63, 3.8) is 0 Å². The van der Waals surface area contributed by atoms with Crippen molar-refractivity contribution in [2.24, 2.45) is 5.92 Å². The number of carbonyl (C=O) groups is 3. The SMILES string of the molecule is O=C(O)C1CCCN(C(=O)Nc2ccc(C(=O)N3CCCC3)cc2)C1. The zero-order chi connectivity index (χ0) is 17.8. The van der Waals surface area contributed by atoms with Crippen LogP contribution in [-0.4, -0.2) is 59.0 Å². The lowest BCUT2D eigenvalue weighted by atomic mass is 9.99. The van der Waals surface area contributed by atoms with Gasteiger partial charge in [0.1, 0.15) is 0 Å². The number of nitrogens with one attached hydrogen (secondary N) is 1. The van der Waals surface area contributed by atoms with Gasteiger partial charge in [0.05, 0.1) is 5.92 Å². The van der Waals surface area contributed by atoms with Crippen LogP contribution in [0.5, 0.6) is 0 Å².